The molecule has 0 aliphatic carbocycles. The Morgan fingerprint density at radius 2 is 1.85 bits per heavy atom. The summed E-state index contributed by atoms with van der Waals surface area (Å²) >= 11 is 5.33. The first-order chi connectivity index (χ1) is 12.4. The standard InChI is InChI=1S/C19H17N3O3S/c1-11-7-9-12(10-8-11)15-16(22(24)25)17(26)20-19(15)13-5-3-4-6-14(13)21(2)18(19)23/h3-10,15-16H,1-2H3,(H,20,26)/t15-,16-,19-/m1/s1. The summed E-state index contributed by atoms with van der Waals surface area (Å²) in [6.45, 7) is 1.95. The number of aryl methyl sites for hydroxylation is 1. The van der Waals surface area contributed by atoms with Crippen LogP contribution < -0.4 is 10.2 Å². The van der Waals surface area contributed by atoms with Crippen LogP contribution in [0.2, 0.25) is 0 Å². The second-order valence-corrected chi connectivity index (χ2v) is 7.24. The van der Waals surface area contributed by atoms with Gasteiger partial charge in [0.05, 0.1) is 5.92 Å². The van der Waals surface area contributed by atoms with Gasteiger partial charge in [-0.05, 0) is 18.6 Å². The second-order valence-electron chi connectivity index (χ2n) is 6.80. The molecule has 1 spiro atoms. The zero-order chi connectivity index (χ0) is 18.6. The van der Waals surface area contributed by atoms with Crippen LogP contribution in [-0.2, 0) is 10.3 Å². The molecule has 1 saturated heterocycles. The molecule has 1 fully saturated rings. The number of hydrogen-bond donors (Lipinski definition) is 1. The second kappa shape index (κ2) is 5.60. The summed E-state index contributed by atoms with van der Waals surface area (Å²) in [4.78, 5) is 26.4. The van der Waals surface area contributed by atoms with Crippen molar-refractivity contribution in [2.24, 2.45) is 0 Å². The third-order valence-electron chi connectivity index (χ3n) is 5.37. The van der Waals surface area contributed by atoms with Crippen LogP contribution in [0, 0.1) is 17.0 Å². The molecule has 2 aliphatic heterocycles. The van der Waals surface area contributed by atoms with Crippen LogP contribution >= 0.6 is 12.2 Å². The van der Waals surface area contributed by atoms with Crippen LogP contribution in [0.3, 0.4) is 0 Å². The van der Waals surface area contributed by atoms with Gasteiger partial charge in [0.15, 0.2) is 10.5 Å². The number of likely N-dealkylation sites (N-methyl/N-ethyl adjacent to an activating group) is 1. The molecule has 1 N–H and O–H groups in total. The summed E-state index contributed by atoms with van der Waals surface area (Å²) in [5.41, 5.74) is 1.99. The van der Waals surface area contributed by atoms with Gasteiger partial charge in [-0.2, -0.15) is 0 Å². The number of carbonyl (C=O) groups is 1. The van der Waals surface area contributed by atoms with Crippen molar-refractivity contribution < 1.29 is 9.72 Å². The molecule has 7 heteroatoms. The maximum absolute atomic E-state index is 13.3. The molecule has 26 heavy (non-hydrogen) atoms. The van der Waals surface area contributed by atoms with Gasteiger partial charge in [0.25, 0.3) is 11.9 Å². The van der Waals surface area contributed by atoms with Crippen molar-refractivity contribution in [3.05, 3.63) is 75.3 Å². The lowest BCUT2D eigenvalue weighted by Crippen LogP contribution is -2.50. The van der Waals surface area contributed by atoms with E-state index in [0.717, 1.165) is 22.4 Å². The minimum Gasteiger partial charge on any atom is -0.356 e. The number of hydrogen-bond acceptors (Lipinski definition) is 4. The van der Waals surface area contributed by atoms with Gasteiger partial charge in [0.2, 0.25) is 0 Å². The van der Waals surface area contributed by atoms with Crippen molar-refractivity contribution in [1.82, 2.24) is 5.32 Å². The highest BCUT2D eigenvalue weighted by Crippen LogP contribution is 2.52. The summed E-state index contributed by atoms with van der Waals surface area (Å²) in [5, 5.41) is 14.9. The maximum atomic E-state index is 13.3. The number of benzene rings is 2. The summed E-state index contributed by atoms with van der Waals surface area (Å²) in [6, 6.07) is 13.7. The normalized spacial score (nSPS) is 26.9. The number of fused-ring (bicyclic) bond motifs is 2. The zero-order valence-electron chi connectivity index (χ0n) is 14.3. The monoisotopic (exact) mass is 367 g/mol. The van der Waals surface area contributed by atoms with E-state index in [2.05, 4.69) is 5.32 Å². The van der Waals surface area contributed by atoms with Gasteiger partial charge in [-0.1, -0.05) is 60.2 Å². The summed E-state index contributed by atoms with van der Waals surface area (Å²) in [5.74, 6) is -0.944. The fraction of sp³-hybridized carbons (Fsp3) is 0.263. The molecule has 0 unspecified atom stereocenters. The molecule has 6 nitrogen and oxygen atoms in total. The van der Waals surface area contributed by atoms with E-state index in [4.69, 9.17) is 12.2 Å². The molecule has 4 rings (SSSR count). The van der Waals surface area contributed by atoms with E-state index in [-0.39, 0.29) is 15.8 Å². The molecule has 0 bridgehead atoms. The summed E-state index contributed by atoms with van der Waals surface area (Å²) < 4.78 is 0. The first-order valence-corrected chi connectivity index (χ1v) is 8.68. The molecule has 2 heterocycles. The number of nitro groups is 1. The molecule has 3 atom stereocenters. The molecule has 132 valence electrons. The van der Waals surface area contributed by atoms with Crippen LogP contribution in [0.1, 0.15) is 22.6 Å². The van der Waals surface area contributed by atoms with Crippen LogP contribution in [-0.4, -0.2) is 28.9 Å². The van der Waals surface area contributed by atoms with Crippen molar-refractivity contribution >= 4 is 28.8 Å². The molecule has 2 aliphatic rings. The van der Waals surface area contributed by atoms with Crippen LogP contribution in [0.15, 0.2) is 48.5 Å². The molecule has 0 radical (unpaired) electrons. The van der Waals surface area contributed by atoms with Crippen molar-refractivity contribution in [2.75, 3.05) is 11.9 Å². The summed E-state index contributed by atoms with van der Waals surface area (Å²) in [7, 11) is 1.69. The lowest BCUT2D eigenvalue weighted by Gasteiger charge is -2.30. The van der Waals surface area contributed by atoms with Gasteiger partial charge >= 0.3 is 0 Å². The van der Waals surface area contributed by atoms with E-state index in [1.165, 1.54) is 0 Å². The van der Waals surface area contributed by atoms with Crippen molar-refractivity contribution in [3.63, 3.8) is 0 Å². The topological polar surface area (TPSA) is 75.5 Å². The van der Waals surface area contributed by atoms with Crippen LogP contribution in [0.25, 0.3) is 0 Å². The largest absolute Gasteiger partial charge is 0.356 e. The molecule has 2 aromatic carbocycles. The van der Waals surface area contributed by atoms with Gasteiger partial charge < -0.3 is 10.2 Å². The highest BCUT2D eigenvalue weighted by atomic mass is 32.1. The van der Waals surface area contributed by atoms with Crippen LogP contribution in [0.5, 0.6) is 0 Å². The first-order valence-electron chi connectivity index (χ1n) is 8.27. The number of para-hydroxylation sites is 1. The third-order valence-corrected chi connectivity index (χ3v) is 5.71. The van der Waals surface area contributed by atoms with E-state index in [9.17, 15) is 14.9 Å². The van der Waals surface area contributed by atoms with Crippen molar-refractivity contribution in [2.45, 2.75) is 24.4 Å². The Morgan fingerprint density at radius 3 is 2.50 bits per heavy atom. The molecule has 0 aromatic heterocycles. The van der Waals surface area contributed by atoms with E-state index < -0.39 is 17.5 Å². The number of nitrogens with one attached hydrogen (secondary N) is 1. The number of anilines is 1. The Kier molecular flexibility index (Phi) is 3.59. The average Bonchev–Trinajstić information content (AvgIpc) is 3.04. The Hall–Kier alpha value is -2.80. The third kappa shape index (κ3) is 2.03. The van der Waals surface area contributed by atoms with E-state index in [0.29, 0.717) is 0 Å². The Balaban J connectivity index is 2.00. The molecule has 2 aromatic rings. The maximum Gasteiger partial charge on any atom is 0.272 e. The van der Waals surface area contributed by atoms with Gasteiger partial charge in [-0.15, -0.1) is 0 Å². The minimum absolute atomic E-state index is 0.0963. The van der Waals surface area contributed by atoms with Gasteiger partial charge in [-0.3, -0.25) is 14.9 Å². The molecular formula is C19H17N3O3S. The smallest absolute Gasteiger partial charge is 0.272 e. The number of thiocarbonyl (C=S) groups is 1. The van der Waals surface area contributed by atoms with E-state index in [1.54, 1.807) is 11.9 Å². The molecule has 0 saturated carbocycles. The lowest BCUT2D eigenvalue weighted by atomic mass is 9.74. The predicted molar refractivity (Wildman–Crippen MR) is 102 cm³/mol. The van der Waals surface area contributed by atoms with Crippen LogP contribution in [0.4, 0.5) is 5.69 Å². The van der Waals surface area contributed by atoms with Gasteiger partial charge in [0.1, 0.15) is 0 Å². The minimum atomic E-state index is -1.25. The van der Waals surface area contributed by atoms with Gasteiger partial charge in [0, 0.05) is 23.2 Å². The number of carbonyl (C=O) groups excluding carboxylic acids is 1. The molecule has 1 amide bonds. The zero-order valence-corrected chi connectivity index (χ0v) is 15.1. The highest BCUT2D eigenvalue weighted by Gasteiger charge is 2.66. The van der Waals surface area contributed by atoms with Crippen molar-refractivity contribution in [3.8, 4) is 0 Å². The number of rotatable bonds is 2. The quantitative estimate of drug-likeness (QED) is 0.501. The average molecular weight is 367 g/mol. The first kappa shape index (κ1) is 16.7. The fourth-order valence-corrected chi connectivity index (χ4v) is 4.55. The number of amides is 1. The predicted octanol–water partition coefficient (Wildman–Crippen LogP) is 2.53. The highest BCUT2D eigenvalue weighted by molar-refractivity contribution is 7.80. The van der Waals surface area contributed by atoms with E-state index >= 15 is 0 Å². The Bertz CT molecular complexity index is 943. The van der Waals surface area contributed by atoms with E-state index in [1.807, 2.05) is 55.5 Å². The Morgan fingerprint density at radius 1 is 1.19 bits per heavy atom. The Labute approximate surface area is 156 Å². The van der Waals surface area contributed by atoms with Gasteiger partial charge in [-0.25, -0.2) is 0 Å². The molecular weight excluding hydrogens is 350 g/mol. The van der Waals surface area contributed by atoms with Crippen molar-refractivity contribution in [1.29, 1.82) is 0 Å². The lowest BCUT2D eigenvalue weighted by molar-refractivity contribution is -0.505. The fourth-order valence-electron chi connectivity index (χ4n) is 4.17. The number of nitrogens with zero attached hydrogens (tertiary/aromatic N) is 2. The SMILES string of the molecule is Cc1ccc([C@@H]2[C@@H]([N+](=O)[O-])C(=S)N[C@@]23C(=O)N(C)c2ccccc23)cc1. The summed E-state index contributed by atoms with van der Waals surface area (Å²) in [6.07, 6.45) is 0.